The quantitative estimate of drug-likeness (QED) is 0.531. The minimum atomic E-state index is -1.05. The maximum Gasteiger partial charge on any atom is 0.151 e. The number of hydrogen-bond donors (Lipinski definition) is 2. The van der Waals surface area contributed by atoms with E-state index in [1.807, 2.05) is 0 Å². The van der Waals surface area contributed by atoms with Crippen molar-refractivity contribution in [1.29, 1.82) is 0 Å². The van der Waals surface area contributed by atoms with Crippen LogP contribution in [-0.2, 0) is 0 Å². The summed E-state index contributed by atoms with van der Waals surface area (Å²) < 4.78 is 19.4. The minimum Gasteiger partial charge on any atom is -0.497 e. The molecule has 0 bridgehead atoms. The van der Waals surface area contributed by atoms with Crippen molar-refractivity contribution < 1.29 is 14.2 Å². The number of halogens is 2. The molecule has 7 heteroatoms. The summed E-state index contributed by atoms with van der Waals surface area (Å²) in [4.78, 5) is 7.91. The van der Waals surface area contributed by atoms with Gasteiger partial charge in [-0.3, -0.25) is 4.98 Å². The molecule has 0 aliphatic rings. The van der Waals surface area contributed by atoms with Crippen LogP contribution in [-0.4, -0.2) is 22.2 Å². The van der Waals surface area contributed by atoms with Crippen LogP contribution < -0.4 is 10.1 Å². The molecule has 2 aromatic heterocycles. The molecular formula is C18H15ClFN3O2. The van der Waals surface area contributed by atoms with E-state index in [2.05, 4.69) is 15.3 Å². The topological polar surface area (TPSA) is 67.3 Å². The van der Waals surface area contributed by atoms with Crippen molar-refractivity contribution in [3.05, 3.63) is 71.5 Å². The van der Waals surface area contributed by atoms with E-state index in [4.69, 9.17) is 16.3 Å². The number of aliphatic hydroxyl groups is 1. The summed E-state index contributed by atoms with van der Waals surface area (Å²) >= 11 is 5.84. The zero-order valence-corrected chi connectivity index (χ0v) is 14.0. The van der Waals surface area contributed by atoms with Crippen molar-refractivity contribution in [3.63, 3.8) is 0 Å². The molecule has 128 valence electrons. The van der Waals surface area contributed by atoms with Crippen LogP contribution in [0.1, 0.15) is 11.8 Å². The molecule has 25 heavy (non-hydrogen) atoms. The molecule has 5 nitrogen and oxygen atoms in total. The van der Waals surface area contributed by atoms with Crippen LogP contribution in [0.25, 0.3) is 11.1 Å². The Morgan fingerprint density at radius 1 is 1.16 bits per heavy atom. The second-order valence-electron chi connectivity index (χ2n) is 5.23. The van der Waals surface area contributed by atoms with E-state index in [-0.39, 0.29) is 5.15 Å². The van der Waals surface area contributed by atoms with E-state index in [9.17, 15) is 9.50 Å². The average molecular weight is 360 g/mol. The van der Waals surface area contributed by atoms with Gasteiger partial charge >= 0.3 is 0 Å². The number of aliphatic hydroxyl groups excluding tert-OH is 1. The molecular weight excluding hydrogens is 345 g/mol. The third-order valence-corrected chi connectivity index (χ3v) is 3.85. The molecule has 0 amide bonds. The lowest BCUT2D eigenvalue weighted by Crippen LogP contribution is -2.11. The third kappa shape index (κ3) is 3.87. The van der Waals surface area contributed by atoms with Crippen LogP contribution >= 0.6 is 11.6 Å². The first-order valence-corrected chi connectivity index (χ1v) is 7.80. The zero-order chi connectivity index (χ0) is 17.8. The number of nitrogens with one attached hydrogen (secondary N) is 1. The number of hydrogen-bond acceptors (Lipinski definition) is 5. The first-order valence-electron chi connectivity index (χ1n) is 7.42. The van der Waals surface area contributed by atoms with Crippen molar-refractivity contribution in [1.82, 2.24) is 9.97 Å². The molecule has 2 N–H and O–H groups in total. The highest BCUT2D eigenvalue weighted by molar-refractivity contribution is 6.29. The third-order valence-electron chi connectivity index (χ3n) is 3.65. The van der Waals surface area contributed by atoms with Crippen LogP contribution in [0.15, 0.2) is 55.0 Å². The van der Waals surface area contributed by atoms with Gasteiger partial charge in [0.15, 0.2) is 6.23 Å². The second-order valence-corrected chi connectivity index (χ2v) is 5.61. The molecule has 1 unspecified atom stereocenters. The smallest absolute Gasteiger partial charge is 0.151 e. The molecule has 3 rings (SSSR count). The average Bonchev–Trinajstić information content (AvgIpc) is 2.62. The first kappa shape index (κ1) is 17.1. The number of aromatic nitrogens is 2. The van der Waals surface area contributed by atoms with Crippen molar-refractivity contribution in [2.45, 2.75) is 6.23 Å². The Morgan fingerprint density at radius 2 is 2.00 bits per heavy atom. The fourth-order valence-electron chi connectivity index (χ4n) is 2.40. The van der Waals surface area contributed by atoms with Crippen LogP contribution in [0.3, 0.4) is 0 Å². The minimum absolute atomic E-state index is 0.269. The van der Waals surface area contributed by atoms with Crippen molar-refractivity contribution in [3.8, 4) is 16.9 Å². The lowest BCUT2D eigenvalue weighted by Gasteiger charge is -2.17. The van der Waals surface area contributed by atoms with Crippen molar-refractivity contribution >= 4 is 17.3 Å². The Balaban J connectivity index is 1.94. The van der Waals surface area contributed by atoms with Crippen molar-refractivity contribution in [2.24, 2.45) is 0 Å². The summed E-state index contributed by atoms with van der Waals surface area (Å²) in [6, 6.07) is 9.43. The van der Waals surface area contributed by atoms with Gasteiger partial charge in [-0.1, -0.05) is 11.6 Å². The first-order chi connectivity index (χ1) is 12.1. The Bertz CT molecular complexity index is 892. The molecule has 1 aromatic carbocycles. The van der Waals surface area contributed by atoms with Gasteiger partial charge in [-0.25, -0.2) is 9.37 Å². The van der Waals surface area contributed by atoms with Crippen LogP contribution in [0.4, 0.5) is 10.1 Å². The number of benzene rings is 1. The van der Waals surface area contributed by atoms with Gasteiger partial charge in [0.1, 0.15) is 16.7 Å². The SMILES string of the molecule is COc1ccc(-c2ccncc2NC(O)c2ccnc(Cl)c2)c(F)c1. The Hall–Kier alpha value is -2.70. The fraction of sp³-hybridized carbons (Fsp3) is 0.111. The summed E-state index contributed by atoms with van der Waals surface area (Å²) in [5.74, 6) is -0.00803. The molecule has 3 aromatic rings. The Kier molecular flexibility index (Phi) is 5.11. The molecule has 0 saturated heterocycles. The number of nitrogens with zero attached hydrogens (tertiary/aromatic N) is 2. The van der Waals surface area contributed by atoms with Gasteiger partial charge in [-0.15, -0.1) is 0 Å². The van der Waals surface area contributed by atoms with Crippen LogP contribution in [0.2, 0.25) is 5.15 Å². The van der Waals surface area contributed by atoms with E-state index < -0.39 is 12.0 Å². The number of anilines is 1. The van der Waals surface area contributed by atoms with Gasteiger partial charge in [0.2, 0.25) is 0 Å². The fourth-order valence-corrected chi connectivity index (χ4v) is 2.59. The maximum atomic E-state index is 14.4. The van der Waals surface area contributed by atoms with Gasteiger partial charge in [0, 0.05) is 35.2 Å². The van der Waals surface area contributed by atoms with E-state index in [0.717, 1.165) is 0 Å². The second kappa shape index (κ2) is 7.46. The lowest BCUT2D eigenvalue weighted by atomic mass is 10.0. The highest BCUT2D eigenvalue weighted by atomic mass is 35.5. The summed E-state index contributed by atoms with van der Waals surface area (Å²) in [7, 11) is 1.48. The van der Waals surface area contributed by atoms with Gasteiger partial charge in [0.05, 0.1) is 19.0 Å². The van der Waals surface area contributed by atoms with Crippen LogP contribution in [0.5, 0.6) is 5.75 Å². The molecule has 0 aliphatic heterocycles. The number of ether oxygens (including phenoxy) is 1. The summed E-state index contributed by atoms with van der Waals surface area (Å²) in [5, 5.41) is 13.6. The predicted molar refractivity (Wildman–Crippen MR) is 94.0 cm³/mol. The molecule has 1 atom stereocenters. The highest BCUT2D eigenvalue weighted by Gasteiger charge is 2.14. The predicted octanol–water partition coefficient (Wildman–Crippen LogP) is 4.05. The molecule has 0 spiro atoms. The summed E-state index contributed by atoms with van der Waals surface area (Å²) in [5.41, 5.74) is 1.94. The molecule has 0 aliphatic carbocycles. The van der Waals surface area contributed by atoms with E-state index in [1.54, 1.807) is 36.5 Å². The van der Waals surface area contributed by atoms with Gasteiger partial charge in [-0.2, -0.15) is 0 Å². The molecule has 0 saturated carbocycles. The van der Waals surface area contributed by atoms with E-state index >= 15 is 0 Å². The molecule has 0 radical (unpaired) electrons. The van der Waals surface area contributed by atoms with Gasteiger partial charge in [0.25, 0.3) is 0 Å². The normalized spacial score (nSPS) is 11.8. The number of pyridine rings is 2. The molecule has 2 heterocycles. The number of rotatable bonds is 5. The van der Waals surface area contributed by atoms with Crippen molar-refractivity contribution in [2.75, 3.05) is 12.4 Å². The monoisotopic (exact) mass is 359 g/mol. The highest BCUT2D eigenvalue weighted by Crippen LogP contribution is 2.32. The summed E-state index contributed by atoms with van der Waals surface area (Å²) in [6.07, 6.45) is 3.52. The lowest BCUT2D eigenvalue weighted by molar-refractivity contribution is 0.208. The van der Waals surface area contributed by atoms with Crippen LogP contribution in [0, 0.1) is 5.82 Å². The summed E-state index contributed by atoms with van der Waals surface area (Å²) in [6.45, 7) is 0. The van der Waals surface area contributed by atoms with E-state index in [0.29, 0.717) is 28.1 Å². The largest absolute Gasteiger partial charge is 0.497 e. The maximum absolute atomic E-state index is 14.4. The van der Waals surface area contributed by atoms with Gasteiger partial charge in [-0.05, 0) is 30.3 Å². The Labute approximate surface area is 149 Å². The Morgan fingerprint density at radius 3 is 2.72 bits per heavy atom. The standard InChI is InChI=1S/C18H15ClFN3O2/c1-25-12-2-3-13(15(20)9-12)14-5-6-21-10-16(14)23-18(24)11-4-7-22-17(19)8-11/h2-10,18,23-24H,1H3. The number of methoxy groups -OCH3 is 1. The van der Waals surface area contributed by atoms with E-state index in [1.165, 1.54) is 25.6 Å². The zero-order valence-electron chi connectivity index (χ0n) is 13.3. The van der Waals surface area contributed by atoms with Gasteiger partial charge < -0.3 is 15.2 Å². The molecule has 0 fully saturated rings.